The number of thiazole rings is 1. The van der Waals surface area contributed by atoms with Crippen molar-refractivity contribution < 1.29 is 4.79 Å². The number of hydrogen-bond acceptors (Lipinski definition) is 4. The van der Waals surface area contributed by atoms with Gasteiger partial charge < -0.3 is 5.32 Å². The summed E-state index contributed by atoms with van der Waals surface area (Å²) >= 11 is 7.66. The van der Waals surface area contributed by atoms with Crippen LogP contribution in [0.3, 0.4) is 0 Å². The minimum atomic E-state index is -0.243. The molecule has 2 heterocycles. The van der Waals surface area contributed by atoms with E-state index in [2.05, 4.69) is 15.3 Å². The Kier molecular flexibility index (Phi) is 4.96. The van der Waals surface area contributed by atoms with Crippen molar-refractivity contribution in [1.82, 2.24) is 9.97 Å². The van der Waals surface area contributed by atoms with Gasteiger partial charge in [-0.1, -0.05) is 35.9 Å². The Morgan fingerprint density at radius 3 is 2.67 bits per heavy atom. The summed E-state index contributed by atoms with van der Waals surface area (Å²) in [6.45, 7) is 0. The molecule has 0 atom stereocenters. The third-order valence-electron chi connectivity index (χ3n) is 3.95. The van der Waals surface area contributed by atoms with Gasteiger partial charge in [0.2, 0.25) is 0 Å². The predicted octanol–water partition coefficient (Wildman–Crippen LogP) is 5.78. The van der Waals surface area contributed by atoms with Crippen molar-refractivity contribution in [1.29, 1.82) is 0 Å². The molecule has 0 saturated carbocycles. The largest absolute Gasteiger partial charge is 0.322 e. The molecule has 2 aromatic carbocycles. The normalized spacial score (nSPS) is 10.6. The summed E-state index contributed by atoms with van der Waals surface area (Å²) < 4.78 is 0. The number of carbonyl (C=O) groups excluding carboxylic acids is 1. The molecule has 4 nitrogen and oxygen atoms in total. The summed E-state index contributed by atoms with van der Waals surface area (Å²) in [4.78, 5) is 21.3. The zero-order chi connectivity index (χ0) is 18.6. The van der Waals surface area contributed by atoms with Gasteiger partial charge in [-0.2, -0.15) is 0 Å². The van der Waals surface area contributed by atoms with E-state index in [1.807, 2.05) is 41.8 Å². The Balaban J connectivity index is 1.57. The summed E-state index contributed by atoms with van der Waals surface area (Å²) in [5, 5.41) is 6.22. The summed E-state index contributed by atoms with van der Waals surface area (Å²) in [7, 11) is 0. The van der Waals surface area contributed by atoms with Crippen LogP contribution in [0.5, 0.6) is 0 Å². The number of nitrogens with zero attached hydrogens (tertiary/aromatic N) is 2. The van der Waals surface area contributed by atoms with Gasteiger partial charge in [0, 0.05) is 34.6 Å². The first-order valence-corrected chi connectivity index (χ1v) is 9.49. The summed E-state index contributed by atoms with van der Waals surface area (Å²) in [6, 6.07) is 18.4. The lowest BCUT2D eigenvalue weighted by molar-refractivity contribution is 0.102. The van der Waals surface area contributed by atoms with Crippen molar-refractivity contribution in [3.05, 3.63) is 89.0 Å². The Bertz CT molecular complexity index is 1100. The lowest BCUT2D eigenvalue weighted by Gasteiger charge is -2.08. The molecule has 1 N–H and O–H groups in total. The van der Waals surface area contributed by atoms with Crippen molar-refractivity contribution in [2.24, 2.45) is 0 Å². The molecular formula is C21H14ClN3OS. The number of nitrogens with one attached hydrogen (secondary N) is 1. The van der Waals surface area contributed by atoms with Gasteiger partial charge in [-0.3, -0.25) is 9.78 Å². The smallest absolute Gasteiger partial charge is 0.257 e. The van der Waals surface area contributed by atoms with E-state index in [1.165, 1.54) is 0 Å². The zero-order valence-corrected chi connectivity index (χ0v) is 15.7. The van der Waals surface area contributed by atoms with Gasteiger partial charge >= 0.3 is 0 Å². The number of anilines is 1. The van der Waals surface area contributed by atoms with Crippen LogP contribution in [0.15, 0.2) is 78.4 Å². The van der Waals surface area contributed by atoms with Gasteiger partial charge in [0.25, 0.3) is 5.91 Å². The molecule has 0 spiro atoms. The number of amides is 1. The molecule has 0 saturated heterocycles. The number of rotatable bonds is 4. The highest BCUT2D eigenvalue weighted by molar-refractivity contribution is 7.13. The molecule has 2 aromatic heterocycles. The molecule has 1 amide bonds. The van der Waals surface area contributed by atoms with Crippen LogP contribution in [0, 0.1) is 0 Å². The van der Waals surface area contributed by atoms with E-state index >= 15 is 0 Å². The van der Waals surface area contributed by atoms with E-state index in [0.717, 1.165) is 21.8 Å². The van der Waals surface area contributed by atoms with Crippen molar-refractivity contribution in [2.45, 2.75) is 0 Å². The first kappa shape index (κ1) is 17.4. The molecule has 4 rings (SSSR count). The maximum absolute atomic E-state index is 12.5. The highest BCUT2D eigenvalue weighted by Crippen LogP contribution is 2.29. The predicted molar refractivity (Wildman–Crippen MR) is 110 cm³/mol. The van der Waals surface area contributed by atoms with Crippen LogP contribution in [-0.2, 0) is 0 Å². The number of carbonyl (C=O) groups is 1. The second kappa shape index (κ2) is 7.70. The molecule has 0 aliphatic carbocycles. The maximum atomic E-state index is 12.5. The highest BCUT2D eigenvalue weighted by atomic mass is 35.5. The molecule has 4 aromatic rings. The van der Waals surface area contributed by atoms with E-state index in [0.29, 0.717) is 16.3 Å². The van der Waals surface area contributed by atoms with Crippen molar-refractivity contribution >= 4 is 34.5 Å². The van der Waals surface area contributed by atoms with Crippen LogP contribution in [0.25, 0.3) is 21.8 Å². The molecular weight excluding hydrogens is 378 g/mol. The average molecular weight is 392 g/mol. The van der Waals surface area contributed by atoms with E-state index in [-0.39, 0.29) is 5.91 Å². The Hall–Kier alpha value is -3.02. The second-order valence-electron chi connectivity index (χ2n) is 5.79. The molecule has 0 bridgehead atoms. The first-order valence-electron chi connectivity index (χ1n) is 8.23. The topological polar surface area (TPSA) is 54.9 Å². The van der Waals surface area contributed by atoms with Crippen molar-refractivity contribution in [3.63, 3.8) is 0 Å². The van der Waals surface area contributed by atoms with E-state index in [1.54, 1.807) is 48.0 Å². The number of hydrogen-bond donors (Lipinski definition) is 1. The Labute approximate surface area is 165 Å². The van der Waals surface area contributed by atoms with Crippen LogP contribution in [-0.4, -0.2) is 15.9 Å². The molecule has 0 unspecified atom stereocenters. The van der Waals surface area contributed by atoms with Crippen LogP contribution < -0.4 is 5.32 Å². The van der Waals surface area contributed by atoms with Crippen LogP contribution in [0.1, 0.15) is 10.4 Å². The fraction of sp³-hybridized carbons (Fsp3) is 0. The number of benzene rings is 2. The Morgan fingerprint density at radius 2 is 1.85 bits per heavy atom. The third-order valence-corrected chi connectivity index (χ3v) is 5.17. The van der Waals surface area contributed by atoms with Crippen LogP contribution >= 0.6 is 22.9 Å². The number of aromatic nitrogens is 2. The van der Waals surface area contributed by atoms with Crippen LogP contribution in [0.4, 0.5) is 5.69 Å². The molecule has 0 aliphatic rings. The summed E-state index contributed by atoms with van der Waals surface area (Å²) in [5.74, 6) is -0.243. The summed E-state index contributed by atoms with van der Waals surface area (Å²) in [6.07, 6.45) is 3.53. The van der Waals surface area contributed by atoms with E-state index < -0.39 is 0 Å². The zero-order valence-electron chi connectivity index (χ0n) is 14.1. The van der Waals surface area contributed by atoms with Gasteiger partial charge in [-0.05, 0) is 36.4 Å². The average Bonchev–Trinajstić information content (AvgIpc) is 3.19. The van der Waals surface area contributed by atoms with E-state index in [9.17, 15) is 4.79 Å². The van der Waals surface area contributed by atoms with Gasteiger partial charge in [-0.25, -0.2) is 4.98 Å². The molecule has 0 radical (unpaired) electrons. The minimum absolute atomic E-state index is 0.243. The molecule has 6 heteroatoms. The van der Waals surface area contributed by atoms with Gasteiger partial charge in [-0.15, -0.1) is 11.3 Å². The summed E-state index contributed by atoms with van der Waals surface area (Å²) in [5.41, 5.74) is 3.90. The molecule has 27 heavy (non-hydrogen) atoms. The SMILES string of the molecule is O=C(Nc1cccc(-c2csc(-c3cccnc3)n2)c1)c1ccccc1Cl. The van der Waals surface area contributed by atoms with Crippen LogP contribution in [0.2, 0.25) is 5.02 Å². The minimum Gasteiger partial charge on any atom is -0.322 e. The highest BCUT2D eigenvalue weighted by Gasteiger charge is 2.11. The van der Waals surface area contributed by atoms with Gasteiger partial charge in [0.1, 0.15) is 5.01 Å². The standard InChI is InChI=1S/C21H14ClN3OS/c22-18-9-2-1-8-17(18)20(26)24-16-7-3-5-14(11-16)19-13-27-21(25-19)15-6-4-10-23-12-15/h1-13H,(H,24,26). The lowest BCUT2D eigenvalue weighted by Crippen LogP contribution is -2.12. The third kappa shape index (κ3) is 3.89. The van der Waals surface area contributed by atoms with E-state index in [4.69, 9.17) is 11.6 Å². The second-order valence-corrected chi connectivity index (χ2v) is 7.06. The molecule has 0 aliphatic heterocycles. The van der Waals surface area contributed by atoms with Gasteiger partial charge in [0.05, 0.1) is 16.3 Å². The first-order chi connectivity index (χ1) is 13.2. The monoisotopic (exact) mass is 391 g/mol. The molecule has 0 fully saturated rings. The fourth-order valence-electron chi connectivity index (χ4n) is 2.63. The number of halogens is 1. The quantitative estimate of drug-likeness (QED) is 0.480. The lowest BCUT2D eigenvalue weighted by atomic mass is 10.1. The Morgan fingerprint density at radius 1 is 1.00 bits per heavy atom. The maximum Gasteiger partial charge on any atom is 0.257 e. The van der Waals surface area contributed by atoms with Gasteiger partial charge in [0.15, 0.2) is 0 Å². The van der Waals surface area contributed by atoms with Crippen molar-refractivity contribution in [2.75, 3.05) is 5.32 Å². The number of pyridine rings is 1. The fourth-order valence-corrected chi connectivity index (χ4v) is 3.67. The molecule has 132 valence electrons. The van der Waals surface area contributed by atoms with Crippen molar-refractivity contribution in [3.8, 4) is 21.8 Å².